The summed E-state index contributed by atoms with van der Waals surface area (Å²) >= 11 is 0. The Morgan fingerprint density at radius 2 is 2.03 bits per heavy atom. The number of anilines is 1. The lowest BCUT2D eigenvalue weighted by atomic mass is 9.83. The molecule has 9 heteroatoms. The summed E-state index contributed by atoms with van der Waals surface area (Å²) in [5.74, 6) is -1.47. The van der Waals surface area contributed by atoms with E-state index in [-0.39, 0.29) is 17.4 Å². The molecule has 1 aliphatic carbocycles. The van der Waals surface area contributed by atoms with E-state index < -0.39 is 21.9 Å². The predicted molar refractivity (Wildman–Crippen MR) is 139 cm³/mol. The molecule has 184 valence electrons. The Morgan fingerprint density at radius 1 is 1.29 bits per heavy atom. The summed E-state index contributed by atoms with van der Waals surface area (Å²) in [4.78, 5) is 12.7. The molecule has 0 spiro atoms. The van der Waals surface area contributed by atoms with Crippen molar-refractivity contribution in [2.75, 3.05) is 18.1 Å². The third-order valence-corrected chi connectivity index (χ3v) is 7.59. The lowest BCUT2D eigenvalue weighted by Gasteiger charge is -2.28. The van der Waals surface area contributed by atoms with Crippen LogP contribution in [0, 0.1) is 10.8 Å². The van der Waals surface area contributed by atoms with Crippen molar-refractivity contribution in [1.29, 1.82) is 10.8 Å². The number of aryl methyl sites for hydroxylation is 1. The summed E-state index contributed by atoms with van der Waals surface area (Å²) in [6.45, 7) is 3.96. The molecule has 1 aromatic rings. The highest BCUT2D eigenvalue weighted by Gasteiger charge is 2.29. The van der Waals surface area contributed by atoms with Crippen LogP contribution in [0.25, 0.3) is 0 Å². The minimum atomic E-state index is -3.74. The van der Waals surface area contributed by atoms with Gasteiger partial charge in [-0.15, -0.1) is 0 Å². The number of fused-ring (bicyclic) bond motifs is 1. The van der Waals surface area contributed by atoms with Gasteiger partial charge in [0.15, 0.2) is 0 Å². The summed E-state index contributed by atoms with van der Waals surface area (Å²) < 4.78 is 26.1. The fourth-order valence-corrected chi connectivity index (χ4v) is 5.27. The number of nitrogens with one attached hydrogen (secondary N) is 3. The molecule has 5 N–H and O–H groups in total. The number of guanidine groups is 1. The van der Waals surface area contributed by atoms with Crippen molar-refractivity contribution in [3.63, 3.8) is 0 Å². The van der Waals surface area contributed by atoms with Crippen LogP contribution >= 0.6 is 0 Å². The molecule has 0 saturated carbocycles. The SMILES string of the molecule is C\C=C/C=C\C(=C\C(=N)C(=O)Nc1ccc2c(c1)C(CS(=O)(=O)N(C)C(=N)N)CCC2)CCC. The normalized spacial score (nSPS) is 16.4. The maximum atomic E-state index is 12.7. The summed E-state index contributed by atoms with van der Waals surface area (Å²) in [5.41, 5.74) is 8.55. The maximum Gasteiger partial charge on any atom is 0.273 e. The fourth-order valence-electron chi connectivity index (χ4n) is 3.90. The topological polar surface area (TPSA) is 140 Å². The number of nitrogens with zero attached hydrogens (tertiary/aromatic N) is 1. The Hall–Kier alpha value is -3.20. The van der Waals surface area contributed by atoms with E-state index in [1.165, 1.54) is 7.05 Å². The van der Waals surface area contributed by atoms with Crippen LogP contribution in [0.15, 0.2) is 54.2 Å². The van der Waals surface area contributed by atoms with Gasteiger partial charge < -0.3 is 11.1 Å². The van der Waals surface area contributed by atoms with Crippen molar-refractivity contribution < 1.29 is 13.2 Å². The molecule has 1 atom stereocenters. The van der Waals surface area contributed by atoms with E-state index in [1.807, 2.05) is 44.2 Å². The second kappa shape index (κ2) is 12.3. The van der Waals surface area contributed by atoms with Crippen molar-refractivity contribution in [2.45, 2.75) is 51.9 Å². The van der Waals surface area contributed by atoms with Gasteiger partial charge in [-0.2, -0.15) is 0 Å². The largest absolute Gasteiger partial charge is 0.369 e. The van der Waals surface area contributed by atoms with Gasteiger partial charge in [0.1, 0.15) is 5.71 Å². The molecule has 1 amide bonds. The Labute approximate surface area is 202 Å². The van der Waals surface area contributed by atoms with Crippen molar-refractivity contribution in [2.24, 2.45) is 5.73 Å². The Kier molecular flexibility index (Phi) is 9.80. The van der Waals surface area contributed by atoms with E-state index in [1.54, 1.807) is 18.2 Å². The van der Waals surface area contributed by atoms with Gasteiger partial charge in [0.25, 0.3) is 5.91 Å². The second-order valence-electron chi connectivity index (χ2n) is 8.36. The Balaban J connectivity index is 2.21. The van der Waals surface area contributed by atoms with Gasteiger partial charge in [0.05, 0.1) is 5.75 Å². The summed E-state index contributed by atoms with van der Waals surface area (Å²) in [6, 6.07) is 5.49. The molecular weight excluding hydrogens is 450 g/mol. The number of hydrogen-bond donors (Lipinski definition) is 4. The van der Waals surface area contributed by atoms with Gasteiger partial charge in [-0.25, -0.2) is 12.7 Å². The highest BCUT2D eigenvalue weighted by molar-refractivity contribution is 7.89. The first-order chi connectivity index (χ1) is 16.1. The third-order valence-electron chi connectivity index (χ3n) is 5.74. The Morgan fingerprint density at radius 3 is 2.68 bits per heavy atom. The molecule has 0 fully saturated rings. The monoisotopic (exact) mass is 485 g/mol. The molecule has 0 aromatic heterocycles. The molecule has 8 nitrogen and oxygen atoms in total. The highest BCUT2D eigenvalue weighted by atomic mass is 32.2. The van der Waals surface area contributed by atoms with Crippen LogP contribution in [0.3, 0.4) is 0 Å². The standard InChI is InChI=1S/C25H35N5O3S/c1-4-6-7-10-18(9-5-2)15-23(26)24(31)29-21-14-13-19-11-8-12-20(22(19)16-21)17-34(32,33)30(3)25(27)28/h4,6-7,10,13-16,20,26H,5,8-9,11-12,17H2,1-3H3,(H3,27,28)(H,29,31)/b6-4-,10-7-,18-15+,26-23?. The zero-order valence-corrected chi connectivity index (χ0v) is 20.9. The van der Waals surface area contributed by atoms with Crippen LogP contribution in [0.2, 0.25) is 0 Å². The van der Waals surface area contributed by atoms with Gasteiger partial charge in [-0.1, -0.05) is 43.7 Å². The summed E-state index contributed by atoms with van der Waals surface area (Å²) in [5, 5.41) is 18.4. The number of carbonyl (C=O) groups is 1. The number of rotatable bonds is 10. The van der Waals surface area contributed by atoms with E-state index >= 15 is 0 Å². The quantitative estimate of drug-likeness (QED) is 0.225. The van der Waals surface area contributed by atoms with Gasteiger partial charge in [-0.05, 0) is 73.4 Å². The lowest BCUT2D eigenvalue weighted by Crippen LogP contribution is -2.40. The maximum absolute atomic E-state index is 12.7. The Bertz CT molecular complexity index is 1120. The van der Waals surface area contributed by atoms with Crippen LogP contribution in [0.5, 0.6) is 0 Å². The minimum absolute atomic E-state index is 0.145. The molecule has 0 saturated heterocycles. The fraction of sp³-hybridized carbons (Fsp3) is 0.400. The zero-order valence-electron chi connectivity index (χ0n) is 20.1. The molecule has 1 unspecified atom stereocenters. The average Bonchev–Trinajstić information content (AvgIpc) is 2.78. The third kappa shape index (κ3) is 7.41. The van der Waals surface area contributed by atoms with E-state index in [4.69, 9.17) is 16.6 Å². The number of sulfonamides is 1. The highest BCUT2D eigenvalue weighted by Crippen LogP contribution is 2.35. The van der Waals surface area contributed by atoms with Crippen LogP contribution in [-0.4, -0.2) is 43.1 Å². The lowest BCUT2D eigenvalue weighted by molar-refractivity contribution is -0.110. The van der Waals surface area contributed by atoms with Gasteiger partial charge in [-0.3, -0.25) is 15.6 Å². The number of carbonyl (C=O) groups excluding carboxylic acids is 1. The van der Waals surface area contributed by atoms with Crippen molar-refractivity contribution in [3.05, 3.63) is 65.3 Å². The number of amides is 1. The number of allylic oxidation sites excluding steroid dienone is 5. The number of benzene rings is 1. The van der Waals surface area contributed by atoms with Gasteiger partial charge >= 0.3 is 0 Å². The molecular formula is C25H35N5O3S. The van der Waals surface area contributed by atoms with Crippen molar-refractivity contribution in [1.82, 2.24) is 4.31 Å². The van der Waals surface area contributed by atoms with Crippen LogP contribution < -0.4 is 11.1 Å². The zero-order chi connectivity index (χ0) is 25.3. The first kappa shape index (κ1) is 27.0. The molecule has 0 heterocycles. The van der Waals surface area contributed by atoms with Gasteiger partial charge in [0, 0.05) is 12.7 Å². The molecule has 0 bridgehead atoms. The number of hydrogen-bond acceptors (Lipinski definition) is 5. The summed E-state index contributed by atoms with van der Waals surface area (Å²) in [7, 11) is -2.46. The van der Waals surface area contributed by atoms with Crippen molar-refractivity contribution in [3.8, 4) is 0 Å². The molecule has 2 rings (SSSR count). The minimum Gasteiger partial charge on any atom is -0.369 e. The summed E-state index contributed by atoms with van der Waals surface area (Å²) in [6.07, 6.45) is 13.2. The van der Waals surface area contributed by atoms with Crippen LogP contribution in [-0.2, 0) is 21.2 Å². The van der Waals surface area contributed by atoms with E-state index in [0.717, 1.165) is 46.7 Å². The smallest absolute Gasteiger partial charge is 0.273 e. The predicted octanol–water partition coefficient (Wildman–Crippen LogP) is 4.08. The first-order valence-corrected chi connectivity index (χ1v) is 13.0. The average molecular weight is 486 g/mol. The first-order valence-electron chi connectivity index (χ1n) is 11.4. The van der Waals surface area contributed by atoms with Crippen LogP contribution in [0.4, 0.5) is 5.69 Å². The molecule has 0 radical (unpaired) electrons. The van der Waals surface area contributed by atoms with Crippen LogP contribution in [0.1, 0.15) is 56.6 Å². The number of nitrogens with two attached hydrogens (primary N) is 1. The van der Waals surface area contributed by atoms with Gasteiger partial charge in [0.2, 0.25) is 16.0 Å². The van der Waals surface area contributed by atoms with E-state index in [0.29, 0.717) is 12.1 Å². The molecule has 1 aromatic carbocycles. The molecule has 0 aliphatic heterocycles. The van der Waals surface area contributed by atoms with E-state index in [2.05, 4.69) is 5.32 Å². The van der Waals surface area contributed by atoms with Crippen molar-refractivity contribution >= 4 is 33.3 Å². The second-order valence-corrected chi connectivity index (χ2v) is 10.4. The van der Waals surface area contributed by atoms with E-state index in [9.17, 15) is 13.2 Å². The molecule has 34 heavy (non-hydrogen) atoms. The molecule has 1 aliphatic rings.